The van der Waals surface area contributed by atoms with Crippen molar-refractivity contribution in [2.45, 2.75) is 0 Å². The van der Waals surface area contributed by atoms with Gasteiger partial charge in [-0.05, 0) is 12.1 Å². The Labute approximate surface area is 107 Å². The van der Waals surface area contributed by atoms with Crippen molar-refractivity contribution in [2.24, 2.45) is 0 Å². The number of fused-ring (bicyclic) bond motifs is 1. The van der Waals surface area contributed by atoms with Gasteiger partial charge in [0.05, 0.1) is 5.69 Å². The van der Waals surface area contributed by atoms with Gasteiger partial charge in [-0.3, -0.25) is 4.79 Å². The molecule has 0 saturated heterocycles. The number of thiazole rings is 1. The molecule has 5 heteroatoms. The van der Waals surface area contributed by atoms with E-state index in [0.29, 0.717) is 10.7 Å². The molecule has 4 nitrogen and oxygen atoms in total. The fourth-order valence-corrected chi connectivity index (χ4v) is 2.44. The minimum atomic E-state index is -0.183. The predicted molar refractivity (Wildman–Crippen MR) is 68.6 cm³/mol. The van der Waals surface area contributed by atoms with Gasteiger partial charge in [0, 0.05) is 16.3 Å². The zero-order chi connectivity index (χ0) is 12.5. The standard InChI is InChI=1S/C13H7N3OS/c14-6-9-7-18-13(15-9)12(17)11-5-8-3-1-2-4-10(8)16-11/h1-5,7,16H. The quantitative estimate of drug-likeness (QED) is 0.714. The van der Waals surface area contributed by atoms with Gasteiger partial charge < -0.3 is 4.98 Å². The Bertz CT molecular complexity index is 746. The van der Waals surface area contributed by atoms with Gasteiger partial charge in [0.15, 0.2) is 10.7 Å². The lowest BCUT2D eigenvalue weighted by atomic mass is 10.2. The highest BCUT2D eigenvalue weighted by molar-refractivity contribution is 7.12. The summed E-state index contributed by atoms with van der Waals surface area (Å²) in [6.07, 6.45) is 0. The molecular formula is C13H7N3OS. The number of aromatic nitrogens is 2. The minimum Gasteiger partial charge on any atom is -0.352 e. The Morgan fingerprint density at radius 1 is 1.39 bits per heavy atom. The normalized spacial score (nSPS) is 10.4. The molecule has 0 aliphatic rings. The molecule has 18 heavy (non-hydrogen) atoms. The van der Waals surface area contributed by atoms with Crippen molar-refractivity contribution in [1.82, 2.24) is 9.97 Å². The maximum atomic E-state index is 12.2. The Morgan fingerprint density at radius 3 is 2.94 bits per heavy atom. The number of nitrogens with one attached hydrogen (secondary N) is 1. The molecule has 0 bridgehead atoms. The molecule has 0 unspecified atom stereocenters. The van der Waals surface area contributed by atoms with Crippen molar-refractivity contribution in [3.8, 4) is 6.07 Å². The average molecular weight is 253 g/mol. The van der Waals surface area contributed by atoms with Gasteiger partial charge in [-0.1, -0.05) is 18.2 Å². The van der Waals surface area contributed by atoms with Gasteiger partial charge in [0.25, 0.3) is 0 Å². The van der Waals surface area contributed by atoms with Gasteiger partial charge in [-0.2, -0.15) is 5.26 Å². The summed E-state index contributed by atoms with van der Waals surface area (Å²) in [5.41, 5.74) is 1.69. The van der Waals surface area contributed by atoms with E-state index in [4.69, 9.17) is 5.26 Å². The molecule has 0 spiro atoms. The molecule has 0 amide bonds. The van der Waals surface area contributed by atoms with Crippen LogP contribution in [0.4, 0.5) is 0 Å². The van der Waals surface area contributed by atoms with Crippen LogP contribution in [-0.2, 0) is 0 Å². The predicted octanol–water partition coefficient (Wildman–Crippen LogP) is 2.73. The second-order valence-corrected chi connectivity index (χ2v) is 4.61. The number of aromatic amines is 1. The first-order valence-electron chi connectivity index (χ1n) is 5.26. The third-order valence-corrected chi connectivity index (χ3v) is 3.43. The number of para-hydroxylation sites is 1. The van der Waals surface area contributed by atoms with Crippen LogP contribution in [0.2, 0.25) is 0 Å². The second-order valence-electron chi connectivity index (χ2n) is 3.75. The summed E-state index contributed by atoms with van der Waals surface area (Å²) >= 11 is 1.18. The van der Waals surface area contributed by atoms with E-state index in [0.717, 1.165) is 10.9 Å². The number of benzene rings is 1. The molecule has 2 heterocycles. The SMILES string of the molecule is N#Cc1csc(C(=O)c2cc3ccccc3[nH]2)n1. The maximum Gasteiger partial charge on any atom is 0.237 e. The minimum absolute atomic E-state index is 0.183. The van der Waals surface area contributed by atoms with Gasteiger partial charge in [0.2, 0.25) is 5.78 Å². The summed E-state index contributed by atoms with van der Waals surface area (Å²) in [4.78, 5) is 19.2. The molecule has 0 atom stereocenters. The van der Waals surface area contributed by atoms with Crippen LogP contribution in [-0.4, -0.2) is 15.8 Å². The molecule has 0 radical (unpaired) electrons. The zero-order valence-electron chi connectivity index (χ0n) is 9.18. The highest BCUT2D eigenvalue weighted by atomic mass is 32.1. The summed E-state index contributed by atoms with van der Waals surface area (Å²) < 4.78 is 0. The summed E-state index contributed by atoms with van der Waals surface area (Å²) in [5, 5.41) is 11.6. The Hall–Kier alpha value is -2.45. The van der Waals surface area contributed by atoms with E-state index in [1.807, 2.05) is 30.3 Å². The number of ketones is 1. The summed E-state index contributed by atoms with van der Waals surface area (Å²) in [5.74, 6) is -0.183. The Balaban J connectivity index is 2.04. The van der Waals surface area contributed by atoms with Crippen LogP contribution in [0.15, 0.2) is 35.7 Å². The number of carbonyl (C=O) groups excluding carboxylic acids is 1. The summed E-state index contributed by atoms with van der Waals surface area (Å²) in [6.45, 7) is 0. The van der Waals surface area contributed by atoms with Crippen LogP contribution in [0.25, 0.3) is 10.9 Å². The molecule has 0 fully saturated rings. The maximum absolute atomic E-state index is 12.2. The number of carbonyl (C=O) groups is 1. The number of H-pyrrole nitrogens is 1. The molecule has 86 valence electrons. The van der Waals surface area contributed by atoms with Gasteiger partial charge in [0.1, 0.15) is 6.07 Å². The number of hydrogen-bond acceptors (Lipinski definition) is 4. The third-order valence-electron chi connectivity index (χ3n) is 2.59. The van der Waals surface area contributed by atoms with E-state index >= 15 is 0 Å². The molecule has 0 aliphatic heterocycles. The summed E-state index contributed by atoms with van der Waals surface area (Å²) in [6, 6.07) is 11.4. The molecule has 1 aromatic carbocycles. The van der Waals surface area contributed by atoms with Crippen molar-refractivity contribution in [3.63, 3.8) is 0 Å². The van der Waals surface area contributed by atoms with Crippen LogP contribution >= 0.6 is 11.3 Å². The van der Waals surface area contributed by atoms with E-state index < -0.39 is 0 Å². The smallest absolute Gasteiger partial charge is 0.237 e. The first-order valence-corrected chi connectivity index (χ1v) is 6.14. The molecular weight excluding hydrogens is 246 g/mol. The lowest BCUT2D eigenvalue weighted by Crippen LogP contribution is -2.00. The van der Waals surface area contributed by atoms with Crippen molar-refractivity contribution >= 4 is 28.0 Å². The number of nitrogens with zero attached hydrogens (tertiary/aromatic N) is 2. The van der Waals surface area contributed by atoms with E-state index in [1.165, 1.54) is 11.3 Å². The topological polar surface area (TPSA) is 69.5 Å². The van der Waals surface area contributed by atoms with Gasteiger partial charge >= 0.3 is 0 Å². The van der Waals surface area contributed by atoms with Gasteiger partial charge in [-0.25, -0.2) is 4.98 Å². The van der Waals surface area contributed by atoms with Crippen molar-refractivity contribution in [2.75, 3.05) is 0 Å². The average Bonchev–Trinajstić information content (AvgIpc) is 3.04. The Morgan fingerprint density at radius 2 is 2.22 bits per heavy atom. The van der Waals surface area contributed by atoms with Crippen molar-refractivity contribution < 1.29 is 4.79 Å². The largest absolute Gasteiger partial charge is 0.352 e. The lowest BCUT2D eigenvalue weighted by molar-refractivity contribution is 0.103. The molecule has 0 saturated carbocycles. The molecule has 0 aliphatic carbocycles. The van der Waals surface area contributed by atoms with E-state index in [-0.39, 0.29) is 11.5 Å². The summed E-state index contributed by atoms with van der Waals surface area (Å²) in [7, 11) is 0. The monoisotopic (exact) mass is 253 g/mol. The van der Waals surface area contributed by atoms with E-state index in [2.05, 4.69) is 9.97 Å². The molecule has 2 aromatic heterocycles. The zero-order valence-corrected chi connectivity index (χ0v) is 9.99. The third kappa shape index (κ3) is 1.69. The lowest BCUT2D eigenvalue weighted by Gasteiger charge is -1.90. The van der Waals surface area contributed by atoms with Crippen LogP contribution in [0.3, 0.4) is 0 Å². The van der Waals surface area contributed by atoms with Crippen molar-refractivity contribution in [3.05, 3.63) is 52.1 Å². The number of rotatable bonds is 2. The number of hydrogen-bond donors (Lipinski definition) is 1. The van der Waals surface area contributed by atoms with Gasteiger partial charge in [-0.15, -0.1) is 11.3 Å². The fourth-order valence-electron chi connectivity index (χ4n) is 1.74. The fraction of sp³-hybridized carbons (Fsp3) is 0. The van der Waals surface area contributed by atoms with Crippen LogP contribution in [0, 0.1) is 11.3 Å². The first-order chi connectivity index (χ1) is 8.78. The van der Waals surface area contributed by atoms with Crippen LogP contribution in [0.1, 0.15) is 21.2 Å². The van der Waals surface area contributed by atoms with Crippen LogP contribution < -0.4 is 0 Å². The van der Waals surface area contributed by atoms with E-state index in [1.54, 1.807) is 11.4 Å². The highest BCUT2D eigenvalue weighted by Crippen LogP contribution is 2.19. The molecule has 3 rings (SSSR count). The second kappa shape index (κ2) is 4.09. The molecule has 3 aromatic rings. The first kappa shape index (κ1) is 10.7. The Kier molecular flexibility index (Phi) is 2.43. The van der Waals surface area contributed by atoms with Crippen LogP contribution in [0.5, 0.6) is 0 Å². The highest BCUT2D eigenvalue weighted by Gasteiger charge is 2.15. The number of nitriles is 1. The molecule has 1 N–H and O–H groups in total. The van der Waals surface area contributed by atoms with E-state index in [9.17, 15) is 4.79 Å². The van der Waals surface area contributed by atoms with Crippen molar-refractivity contribution in [1.29, 1.82) is 5.26 Å².